The predicted molar refractivity (Wildman–Crippen MR) is 120 cm³/mol. The van der Waals surface area contributed by atoms with Gasteiger partial charge in [-0.1, -0.05) is 30.3 Å². The van der Waals surface area contributed by atoms with Gasteiger partial charge in [-0.25, -0.2) is 9.59 Å². The zero-order valence-electron chi connectivity index (χ0n) is 18.8. The molecule has 1 aliphatic heterocycles. The van der Waals surface area contributed by atoms with Crippen molar-refractivity contribution in [2.75, 3.05) is 13.1 Å². The van der Waals surface area contributed by atoms with E-state index >= 15 is 0 Å². The lowest BCUT2D eigenvalue weighted by atomic mass is 10.0. The second-order valence-electron chi connectivity index (χ2n) is 8.85. The van der Waals surface area contributed by atoms with E-state index in [9.17, 15) is 14.4 Å². The number of hydrogen-bond acceptors (Lipinski definition) is 5. The van der Waals surface area contributed by atoms with Crippen molar-refractivity contribution in [3.8, 4) is 0 Å². The van der Waals surface area contributed by atoms with Crippen molar-refractivity contribution in [2.24, 2.45) is 0 Å². The first-order chi connectivity index (χ1) is 15.2. The van der Waals surface area contributed by atoms with Crippen LogP contribution < -0.4 is 5.32 Å². The van der Waals surface area contributed by atoms with Gasteiger partial charge in [0.1, 0.15) is 12.2 Å². The van der Waals surface area contributed by atoms with Crippen LogP contribution in [0.5, 0.6) is 0 Å². The molecule has 0 spiro atoms. The van der Waals surface area contributed by atoms with E-state index in [0.717, 1.165) is 5.56 Å². The average Bonchev–Trinajstić information content (AvgIpc) is 2.77. The number of ether oxygens (including phenoxy) is 2. The van der Waals surface area contributed by atoms with Crippen LogP contribution in [0.2, 0.25) is 0 Å². The highest BCUT2D eigenvalue weighted by Gasteiger charge is 2.25. The zero-order valence-corrected chi connectivity index (χ0v) is 18.8. The van der Waals surface area contributed by atoms with E-state index in [1.807, 2.05) is 30.3 Å². The number of likely N-dealkylation sites (tertiary alicyclic amines) is 1. The molecule has 1 saturated heterocycles. The van der Waals surface area contributed by atoms with Gasteiger partial charge in [0, 0.05) is 24.7 Å². The standard InChI is InChI=1S/C25H30N2O5/c1-25(2,3)32-23(29)20-11-9-19(10-12-20)22(28)26-21-13-15-27(16-14-21)24(30)31-17-18-7-5-4-6-8-18/h4-12,21H,13-17H2,1-3H3,(H,26,28). The molecule has 7 nitrogen and oxygen atoms in total. The zero-order chi connectivity index (χ0) is 23.1. The maximum Gasteiger partial charge on any atom is 0.410 e. The van der Waals surface area contributed by atoms with Gasteiger partial charge in [0.2, 0.25) is 0 Å². The number of hydrogen-bond donors (Lipinski definition) is 1. The molecule has 0 radical (unpaired) electrons. The molecule has 0 saturated carbocycles. The molecule has 2 amide bonds. The highest BCUT2D eigenvalue weighted by Crippen LogP contribution is 2.15. The van der Waals surface area contributed by atoms with Crippen molar-refractivity contribution < 1.29 is 23.9 Å². The summed E-state index contributed by atoms with van der Waals surface area (Å²) in [5.41, 5.74) is 1.25. The number of carbonyl (C=O) groups excluding carboxylic acids is 3. The van der Waals surface area contributed by atoms with Crippen LogP contribution in [-0.4, -0.2) is 47.6 Å². The Balaban J connectivity index is 1.44. The summed E-state index contributed by atoms with van der Waals surface area (Å²) in [5, 5.41) is 3.01. The predicted octanol–water partition coefficient (Wildman–Crippen LogP) is 4.17. The largest absolute Gasteiger partial charge is 0.456 e. The molecule has 2 aromatic carbocycles. The maximum atomic E-state index is 12.6. The topological polar surface area (TPSA) is 84.9 Å². The molecule has 0 aliphatic carbocycles. The molecule has 0 bridgehead atoms. The molecule has 0 atom stereocenters. The van der Waals surface area contributed by atoms with Crippen LogP contribution in [-0.2, 0) is 16.1 Å². The summed E-state index contributed by atoms with van der Waals surface area (Å²) < 4.78 is 10.7. The maximum absolute atomic E-state index is 12.6. The van der Waals surface area contributed by atoms with Crippen molar-refractivity contribution in [1.29, 1.82) is 0 Å². The van der Waals surface area contributed by atoms with Crippen molar-refractivity contribution >= 4 is 18.0 Å². The summed E-state index contributed by atoms with van der Waals surface area (Å²) in [4.78, 5) is 38.6. The van der Waals surface area contributed by atoms with Gasteiger partial charge < -0.3 is 19.7 Å². The Morgan fingerprint density at radius 2 is 1.53 bits per heavy atom. The number of nitrogens with one attached hydrogen (secondary N) is 1. The number of benzene rings is 2. The first-order valence-corrected chi connectivity index (χ1v) is 10.8. The number of rotatable bonds is 5. The summed E-state index contributed by atoms with van der Waals surface area (Å²) in [7, 11) is 0. The molecule has 0 unspecified atom stereocenters. The minimum absolute atomic E-state index is 0.0220. The van der Waals surface area contributed by atoms with Gasteiger partial charge in [-0.05, 0) is 63.4 Å². The van der Waals surface area contributed by atoms with Crippen molar-refractivity contribution in [3.63, 3.8) is 0 Å². The first-order valence-electron chi connectivity index (χ1n) is 10.8. The van der Waals surface area contributed by atoms with E-state index in [-0.39, 0.29) is 24.6 Å². The van der Waals surface area contributed by atoms with Crippen LogP contribution in [0.4, 0.5) is 4.79 Å². The lowest BCUT2D eigenvalue weighted by molar-refractivity contribution is 0.00691. The normalized spacial score (nSPS) is 14.5. The molecule has 2 aromatic rings. The Morgan fingerprint density at radius 1 is 0.938 bits per heavy atom. The number of nitrogens with zero attached hydrogens (tertiary/aromatic N) is 1. The van der Waals surface area contributed by atoms with Crippen molar-refractivity contribution in [2.45, 2.75) is 51.9 Å². The lowest BCUT2D eigenvalue weighted by Gasteiger charge is -2.31. The highest BCUT2D eigenvalue weighted by atomic mass is 16.6. The van der Waals surface area contributed by atoms with Crippen LogP contribution in [0.1, 0.15) is 59.9 Å². The Bertz CT molecular complexity index is 927. The summed E-state index contributed by atoms with van der Waals surface area (Å²) in [6, 6.07) is 15.9. The van der Waals surface area contributed by atoms with E-state index in [1.54, 1.807) is 49.9 Å². The minimum atomic E-state index is -0.573. The van der Waals surface area contributed by atoms with E-state index in [2.05, 4.69) is 5.32 Å². The fourth-order valence-corrected chi connectivity index (χ4v) is 3.38. The van der Waals surface area contributed by atoms with E-state index < -0.39 is 11.6 Å². The van der Waals surface area contributed by atoms with Gasteiger partial charge in [-0.3, -0.25) is 4.79 Å². The number of esters is 1. The van der Waals surface area contributed by atoms with Crippen LogP contribution in [0.15, 0.2) is 54.6 Å². The fraction of sp³-hybridized carbons (Fsp3) is 0.400. The second-order valence-corrected chi connectivity index (χ2v) is 8.85. The third kappa shape index (κ3) is 6.83. The van der Waals surface area contributed by atoms with Crippen LogP contribution >= 0.6 is 0 Å². The molecule has 0 aromatic heterocycles. The smallest absolute Gasteiger partial charge is 0.410 e. The van der Waals surface area contributed by atoms with Gasteiger partial charge in [0.25, 0.3) is 5.91 Å². The molecule has 7 heteroatoms. The van der Waals surface area contributed by atoms with Crippen LogP contribution in [0, 0.1) is 0 Å². The Morgan fingerprint density at radius 3 is 2.12 bits per heavy atom. The van der Waals surface area contributed by atoms with Gasteiger partial charge in [0.05, 0.1) is 5.56 Å². The molecule has 32 heavy (non-hydrogen) atoms. The number of carbonyl (C=O) groups is 3. The molecular formula is C25H30N2O5. The second kappa shape index (κ2) is 10.3. The molecule has 3 rings (SSSR count). The van der Waals surface area contributed by atoms with Crippen molar-refractivity contribution in [1.82, 2.24) is 10.2 Å². The van der Waals surface area contributed by atoms with E-state index in [4.69, 9.17) is 9.47 Å². The third-order valence-electron chi connectivity index (χ3n) is 5.08. The van der Waals surface area contributed by atoms with Crippen LogP contribution in [0.3, 0.4) is 0 Å². The molecule has 1 aliphatic rings. The summed E-state index contributed by atoms with van der Waals surface area (Å²) >= 11 is 0. The Kier molecular flexibility index (Phi) is 7.51. The Labute approximate surface area is 188 Å². The quantitative estimate of drug-likeness (QED) is 0.708. The molecule has 1 N–H and O–H groups in total. The Hall–Kier alpha value is -3.35. The van der Waals surface area contributed by atoms with Crippen molar-refractivity contribution in [3.05, 3.63) is 71.3 Å². The highest BCUT2D eigenvalue weighted by molar-refractivity contribution is 5.96. The van der Waals surface area contributed by atoms with Gasteiger partial charge in [-0.15, -0.1) is 0 Å². The molecular weight excluding hydrogens is 408 g/mol. The average molecular weight is 439 g/mol. The number of piperidine rings is 1. The number of amides is 2. The lowest BCUT2D eigenvalue weighted by Crippen LogP contribution is -2.46. The third-order valence-corrected chi connectivity index (χ3v) is 5.08. The first kappa shape index (κ1) is 23.3. The SMILES string of the molecule is CC(C)(C)OC(=O)c1ccc(C(=O)NC2CCN(C(=O)OCc3ccccc3)CC2)cc1. The monoisotopic (exact) mass is 438 g/mol. The summed E-state index contributed by atoms with van der Waals surface area (Å²) in [5.74, 6) is -0.623. The fourth-order valence-electron chi connectivity index (χ4n) is 3.38. The van der Waals surface area contributed by atoms with E-state index in [0.29, 0.717) is 37.1 Å². The summed E-state index contributed by atoms with van der Waals surface area (Å²) in [6.07, 6.45) is 0.973. The van der Waals surface area contributed by atoms with Gasteiger partial charge in [0.15, 0.2) is 0 Å². The van der Waals surface area contributed by atoms with Gasteiger partial charge in [-0.2, -0.15) is 0 Å². The van der Waals surface area contributed by atoms with Crippen LogP contribution in [0.25, 0.3) is 0 Å². The summed E-state index contributed by atoms with van der Waals surface area (Å²) in [6.45, 7) is 6.71. The molecule has 170 valence electrons. The van der Waals surface area contributed by atoms with Gasteiger partial charge >= 0.3 is 12.1 Å². The molecule has 1 fully saturated rings. The van der Waals surface area contributed by atoms with E-state index in [1.165, 1.54) is 0 Å². The minimum Gasteiger partial charge on any atom is -0.456 e. The molecule has 1 heterocycles.